The molecule has 3 amide bonds. The summed E-state index contributed by atoms with van der Waals surface area (Å²) >= 11 is 6.90. The van der Waals surface area contributed by atoms with Crippen molar-refractivity contribution in [3.8, 4) is 0 Å². The molecular weight excluding hydrogens is 378 g/mol. The lowest BCUT2D eigenvalue weighted by Gasteiger charge is -2.07. The molecule has 9 heteroatoms. The maximum absolute atomic E-state index is 11.9. The highest BCUT2D eigenvalue weighted by Crippen LogP contribution is 2.14. The van der Waals surface area contributed by atoms with Crippen molar-refractivity contribution in [2.45, 2.75) is 13.8 Å². The largest absolute Gasteiger partial charge is 0.466 e. The van der Waals surface area contributed by atoms with E-state index in [1.807, 2.05) is 0 Å². The van der Waals surface area contributed by atoms with Gasteiger partial charge in [0.25, 0.3) is 5.91 Å². The minimum atomic E-state index is -0.460. The molecule has 0 unspecified atom stereocenters. The van der Waals surface area contributed by atoms with Crippen LogP contribution in [0.1, 0.15) is 21.9 Å². The highest BCUT2D eigenvalue weighted by molar-refractivity contribution is 8.00. The molecule has 0 aliphatic rings. The average molecular weight is 396 g/mol. The summed E-state index contributed by atoms with van der Waals surface area (Å²) in [5, 5.41) is 3.27. The van der Waals surface area contributed by atoms with Crippen LogP contribution in [0.2, 0.25) is 5.02 Å². The molecule has 2 rings (SSSR count). The van der Waals surface area contributed by atoms with E-state index >= 15 is 0 Å². The zero-order valence-electron chi connectivity index (χ0n) is 14.2. The number of anilines is 1. The van der Waals surface area contributed by atoms with E-state index < -0.39 is 11.8 Å². The van der Waals surface area contributed by atoms with E-state index in [0.29, 0.717) is 27.8 Å². The van der Waals surface area contributed by atoms with Crippen LogP contribution in [0, 0.1) is 13.8 Å². The third kappa shape index (κ3) is 6.12. The Balaban J connectivity index is 1.67. The standard InChI is InChI=1S/C17H18ClN3O4S/c1-10-7-14(11(2)25-10)17(24)21-20-16(23)9-26-8-15(22)19-13-5-3-12(18)4-6-13/h3-7H,8-9H2,1-2H3,(H,19,22)(H,20,23)(H,21,24). The second kappa shape index (κ2) is 9.30. The minimum absolute atomic E-state index is 0.0255. The molecule has 1 aromatic carbocycles. The number of hydrogen-bond donors (Lipinski definition) is 3. The third-order valence-electron chi connectivity index (χ3n) is 3.20. The van der Waals surface area contributed by atoms with Gasteiger partial charge in [0.05, 0.1) is 17.1 Å². The summed E-state index contributed by atoms with van der Waals surface area (Å²) < 4.78 is 5.26. The molecule has 0 atom stereocenters. The van der Waals surface area contributed by atoms with Gasteiger partial charge in [-0.2, -0.15) is 0 Å². The molecule has 0 bridgehead atoms. The molecule has 7 nitrogen and oxygen atoms in total. The Morgan fingerprint density at radius 1 is 1.04 bits per heavy atom. The maximum atomic E-state index is 11.9. The quantitative estimate of drug-likeness (QED) is 0.653. The first-order chi connectivity index (χ1) is 12.3. The van der Waals surface area contributed by atoms with Crippen LogP contribution in [0.4, 0.5) is 5.69 Å². The van der Waals surface area contributed by atoms with Crippen LogP contribution in [0.25, 0.3) is 0 Å². The first-order valence-electron chi connectivity index (χ1n) is 7.64. The number of hydrazine groups is 1. The molecule has 0 aliphatic carbocycles. The van der Waals surface area contributed by atoms with Crippen molar-refractivity contribution < 1.29 is 18.8 Å². The third-order valence-corrected chi connectivity index (χ3v) is 4.38. The minimum Gasteiger partial charge on any atom is -0.466 e. The van der Waals surface area contributed by atoms with Crippen LogP contribution in [0.15, 0.2) is 34.7 Å². The monoisotopic (exact) mass is 395 g/mol. The average Bonchev–Trinajstić information content (AvgIpc) is 2.93. The number of halogens is 1. The van der Waals surface area contributed by atoms with Crippen LogP contribution in [-0.2, 0) is 9.59 Å². The molecule has 0 saturated carbocycles. The molecule has 0 saturated heterocycles. The number of carbonyl (C=O) groups excluding carboxylic acids is 3. The number of furan rings is 1. The summed E-state index contributed by atoms with van der Waals surface area (Å²) in [4.78, 5) is 35.4. The Labute approximate surface area is 159 Å². The van der Waals surface area contributed by atoms with Crippen LogP contribution >= 0.6 is 23.4 Å². The van der Waals surface area contributed by atoms with E-state index in [-0.39, 0.29) is 17.4 Å². The van der Waals surface area contributed by atoms with Gasteiger partial charge >= 0.3 is 0 Å². The molecule has 138 valence electrons. The van der Waals surface area contributed by atoms with Gasteiger partial charge in [0.15, 0.2) is 0 Å². The van der Waals surface area contributed by atoms with Gasteiger partial charge in [0.1, 0.15) is 11.5 Å². The van der Waals surface area contributed by atoms with Gasteiger partial charge in [-0.25, -0.2) is 0 Å². The van der Waals surface area contributed by atoms with Crippen molar-refractivity contribution in [1.29, 1.82) is 0 Å². The highest BCUT2D eigenvalue weighted by atomic mass is 35.5. The smallest absolute Gasteiger partial charge is 0.273 e. The summed E-state index contributed by atoms with van der Waals surface area (Å²) in [6.45, 7) is 3.40. The predicted octanol–water partition coefficient (Wildman–Crippen LogP) is 2.68. The van der Waals surface area contributed by atoms with Gasteiger partial charge < -0.3 is 9.73 Å². The van der Waals surface area contributed by atoms with Gasteiger partial charge in [0.2, 0.25) is 11.8 Å². The Kier molecular flexibility index (Phi) is 7.11. The molecule has 0 aliphatic heterocycles. The fourth-order valence-electron chi connectivity index (χ4n) is 2.05. The number of nitrogens with one attached hydrogen (secondary N) is 3. The van der Waals surface area contributed by atoms with Crippen LogP contribution in [0.5, 0.6) is 0 Å². The molecule has 3 N–H and O–H groups in total. The Bertz CT molecular complexity index is 805. The van der Waals surface area contributed by atoms with Crippen molar-refractivity contribution in [2.24, 2.45) is 0 Å². The molecular formula is C17H18ClN3O4S. The van der Waals surface area contributed by atoms with Crippen molar-refractivity contribution in [2.75, 3.05) is 16.8 Å². The molecule has 1 aromatic heterocycles. The lowest BCUT2D eigenvalue weighted by molar-refractivity contribution is -0.119. The van der Waals surface area contributed by atoms with Gasteiger partial charge in [-0.15, -0.1) is 11.8 Å². The number of thioether (sulfide) groups is 1. The summed E-state index contributed by atoms with van der Waals surface area (Å²) in [5.41, 5.74) is 5.60. The van der Waals surface area contributed by atoms with E-state index in [9.17, 15) is 14.4 Å². The van der Waals surface area contributed by atoms with E-state index in [1.165, 1.54) is 0 Å². The lowest BCUT2D eigenvalue weighted by atomic mass is 10.2. The molecule has 1 heterocycles. The molecule has 2 aromatic rings. The first-order valence-corrected chi connectivity index (χ1v) is 9.18. The maximum Gasteiger partial charge on any atom is 0.273 e. The van der Waals surface area contributed by atoms with Crippen molar-refractivity contribution in [3.63, 3.8) is 0 Å². The van der Waals surface area contributed by atoms with E-state index in [2.05, 4.69) is 16.2 Å². The van der Waals surface area contributed by atoms with E-state index in [0.717, 1.165) is 11.8 Å². The van der Waals surface area contributed by atoms with Crippen molar-refractivity contribution in [1.82, 2.24) is 10.9 Å². The fourth-order valence-corrected chi connectivity index (χ4v) is 2.80. The Hall–Kier alpha value is -2.45. The summed E-state index contributed by atoms with van der Waals surface area (Å²) in [6, 6.07) is 8.30. The predicted molar refractivity (Wildman–Crippen MR) is 101 cm³/mol. The zero-order chi connectivity index (χ0) is 19.1. The van der Waals surface area contributed by atoms with Gasteiger partial charge in [-0.05, 0) is 44.2 Å². The molecule has 0 radical (unpaired) electrons. The van der Waals surface area contributed by atoms with E-state index in [1.54, 1.807) is 44.2 Å². The Morgan fingerprint density at radius 3 is 2.31 bits per heavy atom. The van der Waals surface area contributed by atoms with Crippen molar-refractivity contribution >= 4 is 46.8 Å². The molecule has 0 fully saturated rings. The summed E-state index contributed by atoms with van der Waals surface area (Å²) in [7, 11) is 0. The SMILES string of the molecule is Cc1cc(C(=O)NNC(=O)CSCC(=O)Nc2ccc(Cl)cc2)c(C)o1. The van der Waals surface area contributed by atoms with Crippen molar-refractivity contribution in [3.05, 3.63) is 52.4 Å². The molecule has 26 heavy (non-hydrogen) atoms. The topological polar surface area (TPSA) is 100 Å². The van der Waals surface area contributed by atoms with Gasteiger partial charge in [-0.3, -0.25) is 25.2 Å². The van der Waals surface area contributed by atoms with Crippen LogP contribution in [0.3, 0.4) is 0 Å². The van der Waals surface area contributed by atoms with Crippen LogP contribution in [-0.4, -0.2) is 29.2 Å². The van der Waals surface area contributed by atoms with Gasteiger partial charge in [0, 0.05) is 10.7 Å². The second-order valence-electron chi connectivity index (χ2n) is 5.38. The second-order valence-corrected chi connectivity index (χ2v) is 6.80. The number of hydrogen-bond acceptors (Lipinski definition) is 5. The normalized spacial score (nSPS) is 10.3. The van der Waals surface area contributed by atoms with E-state index in [4.69, 9.17) is 16.0 Å². The Morgan fingerprint density at radius 2 is 1.69 bits per heavy atom. The first kappa shape index (κ1) is 19.9. The summed E-state index contributed by atoms with van der Waals surface area (Å²) in [6.07, 6.45) is 0. The number of amides is 3. The van der Waals surface area contributed by atoms with Crippen LogP contribution < -0.4 is 16.2 Å². The number of carbonyl (C=O) groups is 3. The highest BCUT2D eigenvalue weighted by Gasteiger charge is 2.14. The zero-order valence-corrected chi connectivity index (χ0v) is 15.8. The fraction of sp³-hybridized carbons (Fsp3) is 0.235. The van der Waals surface area contributed by atoms with Gasteiger partial charge in [-0.1, -0.05) is 11.6 Å². The number of benzene rings is 1. The molecule has 0 spiro atoms. The number of rotatable bonds is 6. The number of aryl methyl sites for hydroxylation is 2. The summed E-state index contributed by atoms with van der Waals surface area (Å²) in [5.74, 6) is 0.0999. The lowest BCUT2D eigenvalue weighted by Crippen LogP contribution is -2.42.